The smallest absolute Gasteiger partial charge is 0.304 e. The average molecular weight is 356 g/mol. The van der Waals surface area contributed by atoms with Crippen molar-refractivity contribution >= 4 is 23.5 Å². The summed E-state index contributed by atoms with van der Waals surface area (Å²) in [5.41, 5.74) is 7.85. The Balaban J connectivity index is 1.71. The zero-order chi connectivity index (χ0) is 18.7. The molecule has 1 aromatic carbocycles. The maximum absolute atomic E-state index is 12.9. The third-order valence-electron chi connectivity index (χ3n) is 4.99. The topological polar surface area (TPSA) is 90.5 Å². The summed E-state index contributed by atoms with van der Waals surface area (Å²) in [5.74, 6) is -2.28. The number of nitrogens with zero attached hydrogens (tertiary/aromatic N) is 1. The van der Waals surface area contributed by atoms with Gasteiger partial charge in [0.1, 0.15) is 0 Å². The predicted molar refractivity (Wildman–Crippen MR) is 97.8 cm³/mol. The molecule has 0 radical (unpaired) electrons. The van der Waals surface area contributed by atoms with E-state index >= 15 is 0 Å². The lowest BCUT2D eigenvalue weighted by atomic mass is 9.92. The molecule has 1 saturated carbocycles. The lowest BCUT2D eigenvalue weighted by molar-refractivity contribution is -0.142. The van der Waals surface area contributed by atoms with Gasteiger partial charge in [-0.05, 0) is 31.4 Å². The number of nitrogens with one attached hydrogen (secondary N) is 3. The van der Waals surface area contributed by atoms with Crippen molar-refractivity contribution in [1.29, 1.82) is 0 Å². The molecule has 0 aromatic heterocycles. The minimum Gasteiger partial charge on any atom is -0.304 e. The van der Waals surface area contributed by atoms with Gasteiger partial charge in [-0.15, -0.1) is 0 Å². The van der Waals surface area contributed by atoms with Crippen molar-refractivity contribution in [2.75, 3.05) is 5.43 Å². The number of urea groups is 1. The van der Waals surface area contributed by atoms with Crippen LogP contribution in [0, 0.1) is 12.8 Å². The fraction of sp³-hybridized carbons (Fsp3) is 0.421. The highest BCUT2D eigenvalue weighted by Gasteiger charge is 2.45. The first-order valence-corrected chi connectivity index (χ1v) is 8.93. The summed E-state index contributed by atoms with van der Waals surface area (Å²) in [6.45, 7) is 5.77. The maximum Gasteiger partial charge on any atom is 0.331 e. The number of anilines is 1. The molecule has 4 amide bonds. The summed E-state index contributed by atoms with van der Waals surface area (Å²) < 4.78 is 0. The van der Waals surface area contributed by atoms with E-state index < -0.39 is 23.8 Å². The minimum atomic E-state index is -1.13. The number of aryl methyl sites for hydroxylation is 1. The van der Waals surface area contributed by atoms with Gasteiger partial charge in [0.15, 0.2) is 5.92 Å². The standard InChI is InChI=1S/C19H24N4O3/c1-12-8-6-7-11-15(12)22-21-13(2)16-17(24)20-19(26)23(18(16)25)14-9-4-3-5-10-14/h6-8,11,14,16,21-22H,2-5,9-10H2,1H3,(H,20,24,26)/t16-/m1/s1. The van der Waals surface area contributed by atoms with Crippen LogP contribution in [0.4, 0.5) is 10.5 Å². The van der Waals surface area contributed by atoms with E-state index in [0.29, 0.717) is 0 Å². The van der Waals surface area contributed by atoms with Crippen molar-refractivity contribution in [3.8, 4) is 0 Å². The first-order valence-electron chi connectivity index (χ1n) is 8.93. The van der Waals surface area contributed by atoms with Gasteiger partial charge in [-0.1, -0.05) is 44.0 Å². The monoisotopic (exact) mass is 356 g/mol. The third-order valence-corrected chi connectivity index (χ3v) is 4.99. The highest BCUT2D eigenvalue weighted by Crippen LogP contribution is 2.27. The van der Waals surface area contributed by atoms with Gasteiger partial charge in [-0.2, -0.15) is 0 Å². The van der Waals surface area contributed by atoms with Gasteiger partial charge >= 0.3 is 6.03 Å². The van der Waals surface area contributed by atoms with Crippen LogP contribution in [-0.2, 0) is 9.59 Å². The van der Waals surface area contributed by atoms with E-state index in [0.717, 1.165) is 43.4 Å². The Bertz CT molecular complexity index is 740. The van der Waals surface area contributed by atoms with E-state index in [-0.39, 0.29) is 11.7 Å². The third kappa shape index (κ3) is 3.56. The molecule has 1 aromatic rings. The number of hydrogen-bond acceptors (Lipinski definition) is 5. The molecule has 3 N–H and O–H groups in total. The summed E-state index contributed by atoms with van der Waals surface area (Å²) in [6.07, 6.45) is 4.63. The number of para-hydroxylation sites is 1. The highest BCUT2D eigenvalue weighted by molar-refractivity contribution is 6.17. The van der Waals surface area contributed by atoms with E-state index in [1.807, 2.05) is 31.2 Å². The molecule has 1 atom stereocenters. The van der Waals surface area contributed by atoms with Gasteiger partial charge in [0.25, 0.3) is 0 Å². The Morgan fingerprint density at radius 2 is 1.85 bits per heavy atom. The van der Waals surface area contributed by atoms with Crippen LogP contribution in [0.15, 0.2) is 36.5 Å². The van der Waals surface area contributed by atoms with Crippen molar-refractivity contribution in [1.82, 2.24) is 15.6 Å². The molecule has 26 heavy (non-hydrogen) atoms. The zero-order valence-corrected chi connectivity index (χ0v) is 14.9. The van der Waals surface area contributed by atoms with Gasteiger partial charge < -0.3 is 10.9 Å². The second-order valence-electron chi connectivity index (χ2n) is 6.82. The van der Waals surface area contributed by atoms with Crippen molar-refractivity contribution in [2.45, 2.75) is 45.1 Å². The molecule has 1 aliphatic heterocycles. The number of hydrogen-bond donors (Lipinski definition) is 3. The first-order chi connectivity index (χ1) is 12.5. The summed E-state index contributed by atoms with van der Waals surface area (Å²) in [7, 11) is 0. The van der Waals surface area contributed by atoms with Crippen LogP contribution in [0.2, 0.25) is 0 Å². The average Bonchev–Trinajstić information content (AvgIpc) is 2.61. The van der Waals surface area contributed by atoms with Crippen LogP contribution in [0.5, 0.6) is 0 Å². The Morgan fingerprint density at radius 1 is 1.15 bits per heavy atom. The molecule has 0 spiro atoms. The van der Waals surface area contributed by atoms with Gasteiger partial charge in [-0.25, -0.2) is 4.79 Å². The molecular formula is C19H24N4O3. The SMILES string of the molecule is C=C(NNc1ccccc1C)[C@@H]1C(=O)NC(=O)N(C2CCCCC2)C1=O. The summed E-state index contributed by atoms with van der Waals surface area (Å²) in [4.78, 5) is 38.6. The molecule has 7 heteroatoms. The fourth-order valence-corrected chi connectivity index (χ4v) is 3.51. The Labute approximate surface area is 152 Å². The number of carbonyl (C=O) groups excluding carboxylic acids is 3. The Kier molecular flexibility index (Phi) is 5.25. The largest absolute Gasteiger partial charge is 0.331 e. The van der Waals surface area contributed by atoms with E-state index in [4.69, 9.17) is 0 Å². The van der Waals surface area contributed by atoms with Crippen LogP contribution in [-0.4, -0.2) is 28.8 Å². The van der Waals surface area contributed by atoms with Crippen molar-refractivity contribution < 1.29 is 14.4 Å². The molecule has 7 nitrogen and oxygen atoms in total. The normalized spacial score (nSPS) is 21.3. The molecule has 2 aliphatic rings. The highest BCUT2D eigenvalue weighted by atomic mass is 16.2. The fourth-order valence-electron chi connectivity index (χ4n) is 3.51. The van der Waals surface area contributed by atoms with Gasteiger partial charge in [0.05, 0.1) is 5.69 Å². The van der Waals surface area contributed by atoms with E-state index in [2.05, 4.69) is 22.7 Å². The van der Waals surface area contributed by atoms with Crippen molar-refractivity contribution in [3.05, 3.63) is 42.1 Å². The summed E-state index contributed by atoms with van der Waals surface area (Å²) in [6, 6.07) is 6.83. The summed E-state index contributed by atoms with van der Waals surface area (Å²) in [5, 5.41) is 2.30. The Morgan fingerprint density at radius 3 is 2.54 bits per heavy atom. The quantitative estimate of drug-likeness (QED) is 0.557. The second-order valence-corrected chi connectivity index (χ2v) is 6.82. The number of rotatable bonds is 5. The number of carbonyl (C=O) groups is 3. The number of benzene rings is 1. The molecule has 2 fully saturated rings. The van der Waals surface area contributed by atoms with Crippen molar-refractivity contribution in [3.63, 3.8) is 0 Å². The molecule has 1 aliphatic carbocycles. The lowest BCUT2D eigenvalue weighted by Gasteiger charge is -2.38. The molecule has 1 heterocycles. The van der Waals surface area contributed by atoms with Crippen LogP contribution >= 0.6 is 0 Å². The van der Waals surface area contributed by atoms with Gasteiger partial charge in [0.2, 0.25) is 11.8 Å². The molecular weight excluding hydrogens is 332 g/mol. The first kappa shape index (κ1) is 18.0. The Hall–Kier alpha value is -2.83. The number of imide groups is 2. The molecule has 138 valence electrons. The number of barbiturate groups is 1. The second kappa shape index (κ2) is 7.59. The van der Waals surface area contributed by atoms with E-state index in [9.17, 15) is 14.4 Å². The number of hydrazine groups is 1. The van der Waals surface area contributed by atoms with E-state index in [1.54, 1.807) is 0 Å². The van der Waals surface area contributed by atoms with E-state index in [1.165, 1.54) is 4.90 Å². The van der Waals surface area contributed by atoms with Gasteiger partial charge in [0, 0.05) is 11.7 Å². The molecule has 0 bridgehead atoms. The van der Waals surface area contributed by atoms with Gasteiger partial charge in [-0.3, -0.25) is 19.8 Å². The van der Waals surface area contributed by atoms with Crippen LogP contribution in [0.25, 0.3) is 0 Å². The number of amides is 4. The molecule has 1 saturated heterocycles. The van der Waals surface area contributed by atoms with Crippen LogP contribution in [0.3, 0.4) is 0 Å². The minimum absolute atomic E-state index is 0.149. The van der Waals surface area contributed by atoms with Crippen LogP contribution < -0.4 is 16.2 Å². The molecule has 0 unspecified atom stereocenters. The zero-order valence-electron chi connectivity index (χ0n) is 14.9. The lowest BCUT2D eigenvalue weighted by Crippen LogP contribution is -2.62. The molecule has 3 rings (SSSR count). The van der Waals surface area contributed by atoms with Crippen molar-refractivity contribution in [2.24, 2.45) is 5.92 Å². The predicted octanol–water partition coefficient (Wildman–Crippen LogP) is 2.45. The maximum atomic E-state index is 12.9. The summed E-state index contributed by atoms with van der Waals surface area (Å²) >= 11 is 0. The van der Waals surface area contributed by atoms with Crippen LogP contribution in [0.1, 0.15) is 37.7 Å².